The third-order valence-corrected chi connectivity index (χ3v) is 7.96. The molecule has 0 aliphatic carbocycles. The normalized spacial score (nSPS) is 16.8. The molecule has 35 heavy (non-hydrogen) atoms. The molecule has 182 valence electrons. The lowest BCUT2D eigenvalue weighted by atomic mass is 10.1. The van der Waals surface area contributed by atoms with Crippen LogP contribution in [0.15, 0.2) is 71.6 Å². The number of sulfonamides is 1. The molecule has 0 spiro atoms. The minimum Gasteiger partial charge on any atom is -0.326 e. The van der Waals surface area contributed by atoms with Crippen LogP contribution >= 0.6 is 0 Å². The van der Waals surface area contributed by atoms with Crippen LogP contribution in [-0.2, 0) is 24.4 Å². The Kier molecular flexibility index (Phi) is 6.25. The van der Waals surface area contributed by atoms with Crippen molar-refractivity contribution in [3.8, 4) is 0 Å². The standard InChI is InChI=1S/C26H27N3O5S/c1-17(30)27-20-10-12-21(13-11-20)28-24(31)16-23(25(28)32)29(26(2,3)4)35(33,34)22-14-9-18-7-5-6-8-19(18)15-22/h5-15,23H,16H2,1-4H3,(H,27,30). The van der Waals surface area contributed by atoms with Gasteiger partial charge in [-0.25, -0.2) is 13.3 Å². The quantitative estimate of drug-likeness (QED) is 0.543. The molecule has 4 rings (SSSR count). The van der Waals surface area contributed by atoms with Crippen molar-refractivity contribution in [2.75, 3.05) is 10.2 Å². The van der Waals surface area contributed by atoms with Crippen LogP contribution in [0, 0.1) is 0 Å². The molecule has 9 heteroatoms. The molecule has 1 aliphatic heterocycles. The van der Waals surface area contributed by atoms with E-state index in [4.69, 9.17) is 0 Å². The van der Waals surface area contributed by atoms with Crippen LogP contribution in [0.4, 0.5) is 11.4 Å². The second kappa shape index (κ2) is 8.90. The van der Waals surface area contributed by atoms with E-state index in [1.165, 1.54) is 13.0 Å². The van der Waals surface area contributed by atoms with E-state index >= 15 is 0 Å². The maximum atomic E-state index is 13.9. The summed E-state index contributed by atoms with van der Waals surface area (Å²) in [7, 11) is -4.13. The van der Waals surface area contributed by atoms with E-state index in [0.717, 1.165) is 20.0 Å². The Hall–Kier alpha value is -3.56. The summed E-state index contributed by atoms with van der Waals surface area (Å²) in [5.41, 5.74) is -0.142. The second-order valence-corrected chi connectivity index (χ2v) is 11.3. The summed E-state index contributed by atoms with van der Waals surface area (Å²) in [5, 5.41) is 4.29. The van der Waals surface area contributed by atoms with Crippen molar-refractivity contribution in [1.29, 1.82) is 0 Å². The number of rotatable bonds is 5. The molecule has 1 aliphatic rings. The Balaban J connectivity index is 1.71. The zero-order valence-corrected chi connectivity index (χ0v) is 20.8. The van der Waals surface area contributed by atoms with Crippen molar-refractivity contribution in [3.63, 3.8) is 0 Å². The summed E-state index contributed by atoms with van der Waals surface area (Å²) in [6.07, 6.45) is -0.267. The van der Waals surface area contributed by atoms with Gasteiger partial charge in [0.15, 0.2) is 0 Å². The van der Waals surface area contributed by atoms with Crippen LogP contribution in [0.2, 0.25) is 0 Å². The van der Waals surface area contributed by atoms with Crippen molar-refractivity contribution in [2.24, 2.45) is 0 Å². The Labute approximate surface area is 204 Å². The first-order valence-corrected chi connectivity index (χ1v) is 12.6. The Bertz CT molecular complexity index is 1430. The smallest absolute Gasteiger partial charge is 0.252 e. The van der Waals surface area contributed by atoms with E-state index in [1.807, 2.05) is 24.3 Å². The number of hydrogen-bond acceptors (Lipinski definition) is 5. The fourth-order valence-corrected chi connectivity index (χ4v) is 6.37. The van der Waals surface area contributed by atoms with Gasteiger partial charge in [0.05, 0.1) is 17.0 Å². The molecule has 0 bridgehead atoms. The highest BCUT2D eigenvalue weighted by Crippen LogP contribution is 2.35. The first-order valence-electron chi connectivity index (χ1n) is 11.2. The Morgan fingerprint density at radius 3 is 2.20 bits per heavy atom. The molecule has 1 N–H and O–H groups in total. The summed E-state index contributed by atoms with van der Waals surface area (Å²) in [4.78, 5) is 38.8. The van der Waals surface area contributed by atoms with Crippen LogP contribution in [0.25, 0.3) is 10.8 Å². The third-order valence-electron chi connectivity index (χ3n) is 5.79. The number of benzene rings is 3. The summed E-state index contributed by atoms with van der Waals surface area (Å²) in [6.45, 7) is 6.49. The molecule has 0 saturated carbocycles. The lowest BCUT2D eigenvalue weighted by molar-refractivity contribution is -0.122. The molecule has 1 unspecified atom stereocenters. The molecule has 1 fully saturated rings. The van der Waals surface area contributed by atoms with Crippen LogP contribution in [0.5, 0.6) is 0 Å². The monoisotopic (exact) mass is 493 g/mol. The van der Waals surface area contributed by atoms with E-state index in [1.54, 1.807) is 57.2 Å². The lowest BCUT2D eigenvalue weighted by Crippen LogP contribution is -2.54. The fourth-order valence-electron chi connectivity index (χ4n) is 4.40. The van der Waals surface area contributed by atoms with E-state index in [0.29, 0.717) is 11.4 Å². The minimum absolute atomic E-state index is 0.0597. The second-order valence-electron chi connectivity index (χ2n) is 9.50. The topological polar surface area (TPSA) is 104 Å². The average molecular weight is 494 g/mol. The summed E-state index contributed by atoms with van der Waals surface area (Å²) in [5.74, 6) is -1.34. The van der Waals surface area contributed by atoms with Crippen molar-refractivity contribution < 1.29 is 22.8 Å². The minimum atomic E-state index is -4.13. The molecule has 3 amide bonds. The fraction of sp³-hybridized carbons (Fsp3) is 0.269. The van der Waals surface area contributed by atoms with Gasteiger partial charge < -0.3 is 5.32 Å². The van der Waals surface area contributed by atoms with Gasteiger partial charge in [0.1, 0.15) is 6.04 Å². The maximum absolute atomic E-state index is 13.9. The van der Waals surface area contributed by atoms with E-state index < -0.39 is 33.4 Å². The number of imide groups is 1. The number of amides is 3. The van der Waals surface area contributed by atoms with Crippen LogP contribution in [0.3, 0.4) is 0 Å². The molecule has 1 saturated heterocycles. The lowest BCUT2D eigenvalue weighted by Gasteiger charge is -2.37. The highest BCUT2D eigenvalue weighted by atomic mass is 32.2. The summed E-state index contributed by atoms with van der Waals surface area (Å²) in [6, 6.07) is 17.3. The molecular formula is C26H27N3O5S. The molecule has 1 heterocycles. The van der Waals surface area contributed by atoms with Gasteiger partial charge in [0.25, 0.3) is 5.91 Å². The zero-order valence-electron chi connectivity index (χ0n) is 20.0. The maximum Gasteiger partial charge on any atom is 0.252 e. The Morgan fingerprint density at radius 2 is 1.60 bits per heavy atom. The largest absolute Gasteiger partial charge is 0.326 e. The number of nitrogens with zero attached hydrogens (tertiary/aromatic N) is 2. The third kappa shape index (κ3) is 4.69. The van der Waals surface area contributed by atoms with Gasteiger partial charge in [-0.15, -0.1) is 0 Å². The molecule has 0 radical (unpaired) electrons. The summed E-state index contributed by atoms with van der Waals surface area (Å²) >= 11 is 0. The number of fused-ring (bicyclic) bond motifs is 1. The van der Waals surface area contributed by atoms with Gasteiger partial charge in [0, 0.05) is 18.2 Å². The van der Waals surface area contributed by atoms with Gasteiger partial charge in [0.2, 0.25) is 21.8 Å². The number of nitrogens with one attached hydrogen (secondary N) is 1. The van der Waals surface area contributed by atoms with E-state index in [2.05, 4.69) is 5.32 Å². The first kappa shape index (κ1) is 24.6. The first-order chi connectivity index (χ1) is 16.4. The van der Waals surface area contributed by atoms with E-state index in [-0.39, 0.29) is 17.2 Å². The van der Waals surface area contributed by atoms with Crippen LogP contribution < -0.4 is 10.2 Å². The predicted molar refractivity (Wildman–Crippen MR) is 134 cm³/mol. The van der Waals surface area contributed by atoms with Crippen LogP contribution in [0.1, 0.15) is 34.1 Å². The highest BCUT2D eigenvalue weighted by Gasteiger charge is 2.50. The zero-order chi connectivity index (χ0) is 25.5. The summed E-state index contributed by atoms with van der Waals surface area (Å²) < 4.78 is 28.9. The van der Waals surface area contributed by atoms with Crippen molar-refractivity contribution in [3.05, 3.63) is 66.7 Å². The molecular weight excluding hydrogens is 466 g/mol. The van der Waals surface area contributed by atoms with Gasteiger partial charge in [-0.3, -0.25) is 14.4 Å². The molecule has 8 nitrogen and oxygen atoms in total. The number of carbonyl (C=O) groups is 3. The van der Waals surface area contributed by atoms with Gasteiger partial charge in [-0.2, -0.15) is 4.31 Å². The van der Waals surface area contributed by atoms with Gasteiger partial charge in [-0.1, -0.05) is 30.3 Å². The highest BCUT2D eigenvalue weighted by molar-refractivity contribution is 7.89. The predicted octanol–water partition coefficient (Wildman–Crippen LogP) is 3.92. The number of anilines is 2. The van der Waals surface area contributed by atoms with Crippen molar-refractivity contribution >= 4 is 49.9 Å². The van der Waals surface area contributed by atoms with Gasteiger partial charge >= 0.3 is 0 Å². The molecule has 0 aromatic heterocycles. The number of carbonyl (C=O) groups excluding carboxylic acids is 3. The van der Waals surface area contributed by atoms with E-state index in [9.17, 15) is 22.8 Å². The van der Waals surface area contributed by atoms with Gasteiger partial charge in [-0.05, 0) is 67.9 Å². The SMILES string of the molecule is CC(=O)Nc1ccc(N2C(=O)CC(N(C(C)(C)C)S(=O)(=O)c3ccc4ccccc4c3)C2=O)cc1. The molecule has 3 aromatic rings. The van der Waals surface area contributed by atoms with Crippen molar-refractivity contribution in [1.82, 2.24) is 4.31 Å². The van der Waals surface area contributed by atoms with Crippen LogP contribution in [-0.4, -0.2) is 42.0 Å². The number of hydrogen-bond donors (Lipinski definition) is 1. The Morgan fingerprint density at radius 1 is 0.971 bits per heavy atom. The molecule has 3 aromatic carbocycles. The molecule has 1 atom stereocenters. The average Bonchev–Trinajstić information content (AvgIpc) is 3.05. The van der Waals surface area contributed by atoms with Crippen molar-refractivity contribution in [2.45, 2.75) is 50.6 Å².